The molecule has 4 nitrogen and oxygen atoms in total. The molecular weight excluding hydrogens is 369 g/mol. The number of piperidine rings is 1. The van der Waals surface area contributed by atoms with Gasteiger partial charge in [0.25, 0.3) is 5.91 Å². The van der Waals surface area contributed by atoms with Crippen LogP contribution in [0.4, 0.5) is 5.69 Å². The number of carbonyl (C=O) groups excluding carboxylic acids is 1. The molecule has 1 amide bonds. The highest BCUT2D eigenvalue weighted by Crippen LogP contribution is 2.19. The van der Waals surface area contributed by atoms with E-state index in [0.717, 1.165) is 19.5 Å². The topological polar surface area (TPSA) is 58.4 Å². The van der Waals surface area contributed by atoms with Gasteiger partial charge in [-0.3, -0.25) is 9.69 Å². The summed E-state index contributed by atoms with van der Waals surface area (Å²) in [6.07, 6.45) is 3.57. The molecule has 0 bridgehead atoms. The van der Waals surface area contributed by atoms with Crippen molar-refractivity contribution in [1.29, 1.82) is 0 Å². The lowest BCUT2D eigenvalue weighted by Gasteiger charge is -2.36. The fourth-order valence-corrected chi connectivity index (χ4v) is 3.33. The van der Waals surface area contributed by atoms with Crippen molar-refractivity contribution in [3.63, 3.8) is 0 Å². The van der Waals surface area contributed by atoms with E-state index in [9.17, 15) is 4.79 Å². The summed E-state index contributed by atoms with van der Waals surface area (Å²) in [5.74, 6) is -0.0849. The largest absolute Gasteiger partial charge is 0.398 e. The number of hydrogen-bond donors (Lipinski definition) is 2. The Morgan fingerprint density at radius 1 is 1.04 bits per heavy atom. The van der Waals surface area contributed by atoms with Gasteiger partial charge in [0.2, 0.25) is 0 Å². The third-order valence-electron chi connectivity index (χ3n) is 4.68. The third kappa shape index (κ3) is 5.90. The number of benzene rings is 2. The van der Waals surface area contributed by atoms with Crippen molar-refractivity contribution in [3.8, 4) is 0 Å². The molecular formula is C20H27Cl2N3O. The second-order valence-corrected chi connectivity index (χ2v) is 6.40. The Morgan fingerprint density at radius 3 is 2.46 bits per heavy atom. The standard InChI is InChI=1S/C20H25N3O.2ClH/c21-19-12-5-4-11-18(19)20(24)22-14-17-10-6-7-13-23(17)15-16-8-2-1-3-9-16;;/h1-5,8-9,11-12,17H,6-7,10,13-15,21H2,(H,22,24);2*1H. The number of halogens is 2. The van der Waals surface area contributed by atoms with E-state index in [1.807, 2.05) is 18.2 Å². The average Bonchev–Trinajstić information content (AvgIpc) is 2.62. The van der Waals surface area contributed by atoms with E-state index in [0.29, 0.717) is 23.8 Å². The molecule has 6 heteroatoms. The molecule has 26 heavy (non-hydrogen) atoms. The number of nitrogens with one attached hydrogen (secondary N) is 1. The van der Waals surface area contributed by atoms with Gasteiger partial charge in [-0.05, 0) is 37.1 Å². The summed E-state index contributed by atoms with van der Waals surface area (Å²) in [6.45, 7) is 2.69. The summed E-state index contributed by atoms with van der Waals surface area (Å²) in [6, 6.07) is 18.1. The van der Waals surface area contributed by atoms with Gasteiger partial charge in [-0.25, -0.2) is 0 Å². The molecule has 142 valence electrons. The van der Waals surface area contributed by atoms with Crippen molar-refractivity contribution in [2.24, 2.45) is 0 Å². The van der Waals surface area contributed by atoms with Crippen LogP contribution < -0.4 is 11.1 Å². The first-order valence-corrected chi connectivity index (χ1v) is 8.65. The first-order chi connectivity index (χ1) is 11.7. The first kappa shape index (κ1) is 22.3. The Kier molecular flexibility index (Phi) is 9.49. The maximum absolute atomic E-state index is 12.4. The zero-order valence-corrected chi connectivity index (χ0v) is 16.4. The molecule has 2 aromatic rings. The number of para-hydroxylation sites is 1. The summed E-state index contributed by atoms with van der Waals surface area (Å²) < 4.78 is 0. The van der Waals surface area contributed by atoms with Crippen LogP contribution in [0.1, 0.15) is 35.2 Å². The van der Waals surface area contributed by atoms with E-state index in [1.54, 1.807) is 12.1 Å². The van der Waals surface area contributed by atoms with Crippen molar-refractivity contribution in [1.82, 2.24) is 10.2 Å². The van der Waals surface area contributed by atoms with Crippen LogP contribution in [-0.4, -0.2) is 29.9 Å². The molecule has 1 saturated heterocycles. The number of nitrogen functional groups attached to an aromatic ring is 1. The van der Waals surface area contributed by atoms with Crippen LogP contribution in [0.2, 0.25) is 0 Å². The number of rotatable bonds is 5. The zero-order chi connectivity index (χ0) is 16.8. The molecule has 1 fully saturated rings. The maximum atomic E-state index is 12.4. The first-order valence-electron chi connectivity index (χ1n) is 8.65. The number of nitrogens with zero attached hydrogens (tertiary/aromatic N) is 1. The molecule has 2 aromatic carbocycles. The predicted octanol–water partition coefficient (Wildman–Crippen LogP) is 3.90. The van der Waals surface area contributed by atoms with Crippen LogP contribution in [0, 0.1) is 0 Å². The van der Waals surface area contributed by atoms with Gasteiger partial charge in [-0.1, -0.05) is 48.9 Å². The van der Waals surface area contributed by atoms with E-state index in [1.165, 1.54) is 18.4 Å². The third-order valence-corrected chi connectivity index (χ3v) is 4.68. The zero-order valence-electron chi connectivity index (χ0n) is 14.8. The fraction of sp³-hybridized carbons (Fsp3) is 0.350. The van der Waals surface area contributed by atoms with Crippen molar-refractivity contribution in [3.05, 3.63) is 65.7 Å². The molecule has 1 heterocycles. The van der Waals surface area contributed by atoms with Gasteiger partial charge in [0.1, 0.15) is 0 Å². The van der Waals surface area contributed by atoms with E-state index in [2.05, 4.69) is 34.5 Å². The van der Waals surface area contributed by atoms with Gasteiger partial charge >= 0.3 is 0 Å². The molecule has 0 spiro atoms. The van der Waals surface area contributed by atoms with Gasteiger partial charge in [0.05, 0.1) is 5.56 Å². The number of carbonyl (C=O) groups is 1. The van der Waals surface area contributed by atoms with Crippen LogP contribution in [0.25, 0.3) is 0 Å². The molecule has 0 aliphatic carbocycles. The average molecular weight is 396 g/mol. The highest BCUT2D eigenvalue weighted by atomic mass is 35.5. The lowest BCUT2D eigenvalue weighted by molar-refractivity contribution is 0.0908. The van der Waals surface area contributed by atoms with E-state index in [-0.39, 0.29) is 30.7 Å². The van der Waals surface area contributed by atoms with E-state index >= 15 is 0 Å². The van der Waals surface area contributed by atoms with Crippen molar-refractivity contribution >= 4 is 36.4 Å². The summed E-state index contributed by atoms with van der Waals surface area (Å²) >= 11 is 0. The number of amides is 1. The maximum Gasteiger partial charge on any atom is 0.253 e. The lowest BCUT2D eigenvalue weighted by Crippen LogP contribution is -2.46. The monoisotopic (exact) mass is 395 g/mol. The van der Waals surface area contributed by atoms with Gasteiger partial charge in [-0.15, -0.1) is 24.8 Å². The van der Waals surface area contributed by atoms with Crippen LogP contribution in [0.5, 0.6) is 0 Å². The second-order valence-electron chi connectivity index (χ2n) is 6.40. The van der Waals surface area contributed by atoms with Crippen LogP contribution in [0.15, 0.2) is 54.6 Å². The number of nitrogens with two attached hydrogens (primary N) is 1. The predicted molar refractivity (Wildman–Crippen MR) is 112 cm³/mol. The molecule has 1 atom stereocenters. The molecule has 3 rings (SSSR count). The minimum absolute atomic E-state index is 0. The van der Waals surface area contributed by atoms with Gasteiger partial charge in [0, 0.05) is 24.8 Å². The highest BCUT2D eigenvalue weighted by Gasteiger charge is 2.23. The van der Waals surface area contributed by atoms with Gasteiger partial charge in [0.15, 0.2) is 0 Å². The Labute approximate surface area is 168 Å². The molecule has 1 unspecified atom stereocenters. The van der Waals surface area contributed by atoms with E-state index in [4.69, 9.17) is 5.73 Å². The van der Waals surface area contributed by atoms with Crippen LogP contribution in [0.3, 0.4) is 0 Å². The molecule has 1 aliphatic rings. The summed E-state index contributed by atoms with van der Waals surface area (Å²) in [5.41, 5.74) is 8.30. The Balaban J connectivity index is 0.00000169. The van der Waals surface area contributed by atoms with Crippen molar-refractivity contribution in [2.75, 3.05) is 18.8 Å². The quantitative estimate of drug-likeness (QED) is 0.754. The van der Waals surface area contributed by atoms with Crippen LogP contribution >= 0.6 is 24.8 Å². The Bertz CT molecular complexity index is 682. The fourth-order valence-electron chi connectivity index (χ4n) is 3.33. The summed E-state index contributed by atoms with van der Waals surface area (Å²) in [7, 11) is 0. The summed E-state index contributed by atoms with van der Waals surface area (Å²) in [5, 5.41) is 3.06. The molecule has 0 saturated carbocycles. The molecule has 3 N–H and O–H groups in total. The minimum atomic E-state index is -0.0849. The summed E-state index contributed by atoms with van der Waals surface area (Å²) in [4.78, 5) is 14.8. The van der Waals surface area contributed by atoms with E-state index < -0.39 is 0 Å². The second kappa shape index (κ2) is 11.1. The van der Waals surface area contributed by atoms with Crippen molar-refractivity contribution < 1.29 is 4.79 Å². The Morgan fingerprint density at radius 2 is 1.73 bits per heavy atom. The number of likely N-dealkylation sites (tertiary alicyclic amines) is 1. The lowest BCUT2D eigenvalue weighted by atomic mass is 10.0. The number of hydrogen-bond acceptors (Lipinski definition) is 3. The molecule has 1 aliphatic heterocycles. The highest BCUT2D eigenvalue weighted by molar-refractivity contribution is 5.99. The minimum Gasteiger partial charge on any atom is -0.398 e. The van der Waals surface area contributed by atoms with Gasteiger partial charge < -0.3 is 11.1 Å². The van der Waals surface area contributed by atoms with Gasteiger partial charge in [-0.2, -0.15) is 0 Å². The van der Waals surface area contributed by atoms with Crippen molar-refractivity contribution in [2.45, 2.75) is 31.8 Å². The SMILES string of the molecule is Cl.Cl.Nc1ccccc1C(=O)NCC1CCCCN1Cc1ccccc1. The normalized spacial score (nSPS) is 16.8. The Hall–Kier alpha value is -1.75. The van der Waals surface area contributed by atoms with Crippen LogP contribution in [-0.2, 0) is 6.54 Å². The molecule has 0 aromatic heterocycles. The molecule has 0 radical (unpaired) electrons. The smallest absolute Gasteiger partial charge is 0.253 e. The number of anilines is 1.